The van der Waals surface area contributed by atoms with Crippen LogP contribution in [0.15, 0.2) is 91.8 Å². The minimum atomic E-state index is -1.28. The van der Waals surface area contributed by atoms with Gasteiger partial charge in [-0.05, 0) is 42.8 Å². The Morgan fingerprint density at radius 2 is 1.62 bits per heavy atom. The number of anilines is 1. The van der Waals surface area contributed by atoms with Gasteiger partial charge in [-0.3, -0.25) is 19.6 Å². The van der Waals surface area contributed by atoms with Gasteiger partial charge in [0.15, 0.2) is 0 Å². The number of carbonyl (C=O) groups excluding carboxylic acids is 2. The van der Waals surface area contributed by atoms with E-state index in [4.69, 9.17) is 0 Å². The van der Waals surface area contributed by atoms with Crippen molar-refractivity contribution in [2.75, 3.05) is 5.32 Å². The van der Waals surface area contributed by atoms with Crippen molar-refractivity contribution in [3.63, 3.8) is 0 Å². The van der Waals surface area contributed by atoms with Gasteiger partial charge in [0, 0.05) is 28.7 Å². The molecule has 0 radical (unpaired) electrons. The number of rotatable bonds is 7. The second kappa shape index (κ2) is 11.1. The summed E-state index contributed by atoms with van der Waals surface area (Å²) in [6.07, 6.45) is 6.61. The predicted molar refractivity (Wildman–Crippen MR) is 142 cm³/mol. The molecular weight excluding hydrogens is 468 g/mol. The number of nitrogens with one attached hydrogen (secondary N) is 2. The smallest absolute Gasteiger partial charge is 0.335 e. The average molecular weight is 493 g/mol. The van der Waals surface area contributed by atoms with E-state index in [1.165, 1.54) is 24.3 Å². The number of aromatic nitrogens is 2. The molecule has 8 nitrogen and oxygen atoms in total. The molecular formula is C29H24N4O4. The molecule has 0 bridgehead atoms. The molecule has 0 saturated carbocycles. The van der Waals surface area contributed by atoms with Crippen molar-refractivity contribution in [1.82, 2.24) is 15.3 Å². The SMILES string of the molecule is C=CC=c1cccnc1=C(C)NC(=O)C(C(=O)Nc1cccc2cccnc12)c1ccc(C(=O)O)cc1. The Bertz CT molecular complexity index is 1620. The molecule has 2 heterocycles. The van der Waals surface area contributed by atoms with Crippen LogP contribution < -0.4 is 21.2 Å². The van der Waals surface area contributed by atoms with Gasteiger partial charge in [0.05, 0.1) is 22.1 Å². The van der Waals surface area contributed by atoms with Gasteiger partial charge >= 0.3 is 5.97 Å². The highest BCUT2D eigenvalue weighted by Gasteiger charge is 2.29. The molecule has 0 aliphatic heterocycles. The molecule has 2 aromatic carbocycles. The van der Waals surface area contributed by atoms with E-state index in [1.54, 1.807) is 55.7 Å². The van der Waals surface area contributed by atoms with Gasteiger partial charge in [-0.25, -0.2) is 4.79 Å². The van der Waals surface area contributed by atoms with E-state index in [2.05, 4.69) is 27.2 Å². The van der Waals surface area contributed by atoms with Gasteiger partial charge in [0.2, 0.25) is 11.8 Å². The summed E-state index contributed by atoms with van der Waals surface area (Å²) in [5.74, 6) is -3.58. The molecule has 4 rings (SSSR count). The molecule has 0 spiro atoms. The largest absolute Gasteiger partial charge is 0.478 e. The number of pyridine rings is 2. The molecule has 2 aromatic heterocycles. The van der Waals surface area contributed by atoms with Crippen LogP contribution in [0.25, 0.3) is 22.7 Å². The van der Waals surface area contributed by atoms with Crippen molar-refractivity contribution in [3.05, 3.63) is 113 Å². The van der Waals surface area contributed by atoms with Crippen LogP contribution in [0, 0.1) is 0 Å². The number of carboxylic acids is 1. The first kappa shape index (κ1) is 25.0. The van der Waals surface area contributed by atoms with Crippen molar-refractivity contribution >= 4 is 46.1 Å². The van der Waals surface area contributed by atoms with Crippen molar-refractivity contribution in [2.24, 2.45) is 0 Å². The van der Waals surface area contributed by atoms with Gasteiger partial charge in [-0.1, -0.05) is 55.1 Å². The molecule has 1 atom stereocenters. The summed E-state index contributed by atoms with van der Waals surface area (Å²) < 4.78 is 0. The van der Waals surface area contributed by atoms with E-state index in [1.807, 2.05) is 18.2 Å². The molecule has 3 N–H and O–H groups in total. The Hall–Kier alpha value is -5.11. The van der Waals surface area contributed by atoms with E-state index in [0.717, 1.165) is 10.6 Å². The Morgan fingerprint density at radius 3 is 2.35 bits per heavy atom. The van der Waals surface area contributed by atoms with Crippen molar-refractivity contribution in [1.29, 1.82) is 0 Å². The summed E-state index contributed by atoms with van der Waals surface area (Å²) in [4.78, 5) is 47.1. The minimum Gasteiger partial charge on any atom is -0.478 e. The number of para-hydroxylation sites is 1. The monoisotopic (exact) mass is 492 g/mol. The maximum absolute atomic E-state index is 13.5. The fourth-order valence-corrected chi connectivity index (χ4v) is 3.96. The summed E-state index contributed by atoms with van der Waals surface area (Å²) in [6, 6.07) is 18.3. The van der Waals surface area contributed by atoms with E-state index in [9.17, 15) is 19.5 Å². The topological polar surface area (TPSA) is 121 Å². The third-order valence-electron chi connectivity index (χ3n) is 5.71. The molecule has 37 heavy (non-hydrogen) atoms. The lowest BCUT2D eigenvalue weighted by molar-refractivity contribution is -0.128. The Labute approximate surface area is 212 Å². The summed E-state index contributed by atoms with van der Waals surface area (Å²) in [6.45, 7) is 5.40. The first-order valence-corrected chi connectivity index (χ1v) is 11.4. The molecule has 1 unspecified atom stereocenters. The van der Waals surface area contributed by atoms with Gasteiger partial charge < -0.3 is 15.7 Å². The highest BCUT2D eigenvalue weighted by atomic mass is 16.4. The number of allylic oxidation sites excluding steroid dienone is 1. The second-order valence-electron chi connectivity index (χ2n) is 8.19. The van der Waals surface area contributed by atoms with Gasteiger partial charge in [0.25, 0.3) is 0 Å². The molecule has 4 aromatic rings. The average Bonchev–Trinajstić information content (AvgIpc) is 2.90. The standard InChI is InChI=1S/C29H24N4O4/c1-3-7-20-9-5-16-30-25(20)18(2)32-27(34)24(19-12-14-22(15-13-19)29(36)37)28(35)33-23-11-4-8-21-10-6-17-31-26(21)23/h3-17,24H,1H2,2H3,(H,32,34)(H,33,35)(H,36,37). The predicted octanol–water partition coefficient (Wildman–Crippen LogP) is 2.96. The lowest BCUT2D eigenvalue weighted by Crippen LogP contribution is -2.40. The number of hydrogen-bond acceptors (Lipinski definition) is 5. The third-order valence-corrected chi connectivity index (χ3v) is 5.71. The number of nitrogens with zero attached hydrogens (tertiary/aromatic N) is 2. The second-order valence-corrected chi connectivity index (χ2v) is 8.19. The quantitative estimate of drug-likeness (QED) is 0.341. The number of benzene rings is 2. The van der Waals surface area contributed by atoms with E-state index >= 15 is 0 Å². The lowest BCUT2D eigenvalue weighted by atomic mass is 9.95. The van der Waals surface area contributed by atoms with Crippen LogP contribution in [-0.4, -0.2) is 32.9 Å². The first-order valence-electron chi connectivity index (χ1n) is 11.4. The minimum absolute atomic E-state index is 0.0439. The van der Waals surface area contributed by atoms with E-state index in [0.29, 0.717) is 27.8 Å². The van der Waals surface area contributed by atoms with Crippen LogP contribution in [0.1, 0.15) is 28.8 Å². The number of fused-ring (bicyclic) bond motifs is 1. The summed E-state index contributed by atoms with van der Waals surface area (Å²) in [5.41, 5.74) is 1.86. The lowest BCUT2D eigenvalue weighted by Gasteiger charge is -2.18. The molecule has 184 valence electrons. The van der Waals surface area contributed by atoms with Gasteiger partial charge in [-0.2, -0.15) is 0 Å². The maximum atomic E-state index is 13.5. The Kier molecular flexibility index (Phi) is 7.49. The summed E-state index contributed by atoms with van der Waals surface area (Å²) in [7, 11) is 0. The van der Waals surface area contributed by atoms with Crippen LogP contribution in [-0.2, 0) is 9.59 Å². The van der Waals surface area contributed by atoms with Crippen molar-refractivity contribution in [2.45, 2.75) is 12.8 Å². The van der Waals surface area contributed by atoms with Gasteiger partial charge in [-0.15, -0.1) is 0 Å². The third kappa shape index (κ3) is 5.59. The molecule has 0 saturated heterocycles. The van der Waals surface area contributed by atoms with Crippen molar-refractivity contribution in [3.8, 4) is 0 Å². The van der Waals surface area contributed by atoms with E-state index < -0.39 is 23.7 Å². The van der Waals surface area contributed by atoms with Crippen LogP contribution in [0.5, 0.6) is 0 Å². The zero-order valence-corrected chi connectivity index (χ0v) is 20.0. The highest BCUT2D eigenvalue weighted by molar-refractivity contribution is 6.14. The van der Waals surface area contributed by atoms with Crippen LogP contribution in [0.3, 0.4) is 0 Å². The number of carbonyl (C=O) groups is 3. The maximum Gasteiger partial charge on any atom is 0.335 e. The number of carboxylic acid groups (broad SMARTS) is 1. The molecule has 0 aliphatic rings. The molecule has 0 fully saturated rings. The summed E-state index contributed by atoms with van der Waals surface area (Å²) >= 11 is 0. The molecule has 2 amide bonds. The van der Waals surface area contributed by atoms with Gasteiger partial charge in [0.1, 0.15) is 5.92 Å². The molecule has 8 heteroatoms. The Morgan fingerprint density at radius 1 is 0.919 bits per heavy atom. The van der Waals surface area contributed by atoms with E-state index in [-0.39, 0.29) is 5.56 Å². The zero-order valence-electron chi connectivity index (χ0n) is 20.0. The normalized spacial score (nSPS) is 12.9. The first-order chi connectivity index (χ1) is 17.9. The highest BCUT2D eigenvalue weighted by Crippen LogP contribution is 2.24. The zero-order chi connectivity index (χ0) is 26.4. The van der Waals surface area contributed by atoms with Crippen LogP contribution >= 0.6 is 0 Å². The number of amides is 2. The Balaban J connectivity index is 1.74. The van der Waals surface area contributed by atoms with Crippen LogP contribution in [0.2, 0.25) is 0 Å². The van der Waals surface area contributed by atoms with Crippen LogP contribution in [0.4, 0.5) is 5.69 Å². The summed E-state index contributed by atoms with van der Waals surface area (Å²) in [5, 5.41) is 17.0. The molecule has 0 aliphatic carbocycles. The fraction of sp³-hybridized carbons (Fsp3) is 0.0690. The number of hydrogen-bond donors (Lipinski definition) is 3. The number of aromatic carboxylic acids is 1. The fourth-order valence-electron chi connectivity index (χ4n) is 3.96. The van der Waals surface area contributed by atoms with Crippen molar-refractivity contribution < 1.29 is 19.5 Å².